The second-order valence-electron chi connectivity index (χ2n) is 5.12. The quantitative estimate of drug-likeness (QED) is 0.552. The van der Waals surface area contributed by atoms with E-state index in [0.717, 1.165) is 11.1 Å². The Labute approximate surface area is 144 Å². The topological polar surface area (TPSA) is 77.8 Å². The fourth-order valence-electron chi connectivity index (χ4n) is 2.53. The zero-order valence-electron chi connectivity index (χ0n) is 12.2. The number of fused-ring (bicyclic) bond motifs is 1. The Balaban J connectivity index is 2.06. The molecule has 0 aliphatic rings. The van der Waals surface area contributed by atoms with Crippen LogP contribution in [0.15, 0.2) is 57.9 Å². The van der Waals surface area contributed by atoms with Crippen molar-refractivity contribution < 1.29 is 8.81 Å². The molecule has 0 unspecified atom stereocenters. The molecule has 4 aromatic rings. The summed E-state index contributed by atoms with van der Waals surface area (Å²) in [4.78, 5) is 12.7. The van der Waals surface area contributed by atoms with Crippen molar-refractivity contribution in [1.29, 1.82) is 0 Å². The van der Waals surface area contributed by atoms with E-state index >= 15 is 0 Å². The Kier molecular flexibility index (Phi) is 3.50. The summed E-state index contributed by atoms with van der Waals surface area (Å²) in [7, 11) is 0. The molecular weight excluding hydrogens is 375 g/mol. The highest BCUT2D eigenvalue weighted by atomic mass is 79.9. The van der Waals surface area contributed by atoms with Crippen molar-refractivity contribution in [3.05, 3.63) is 59.3 Å². The van der Waals surface area contributed by atoms with Gasteiger partial charge in [-0.1, -0.05) is 6.07 Å². The maximum absolute atomic E-state index is 13.6. The van der Waals surface area contributed by atoms with E-state index in [9.17, 15) is 4.39 Å². The van der Waals surface area contributed by atoms with E-state index < -0.39 is 0 Å². The number of furan rings is 1. The average molecular weight is 385 g/mol. The van der Waals surface area contributed by atoms with E-state index in [1.807, 2.05) is 12.1 Å². The summed E-state index contributed by atoms with van der Waals surface area (Å²) in [5.41, 5.74) is 8.62. The Bertz CT molecular complexity index is 1050. The number of aromatic nitrogens is 3. The van der Waals surface area contributed by atoms with Gasteiger partial charge in [-0.3, -0.25) is 0 Å². The molecule has 0 fully saturated rings. The Hall–Kier alpha value is -2.80. The van der Waals surface area contributed by atoms with E-state index in [1.54, 1.807) is 24.5 Å². The summed E-state index contributed by atoms with van der Waals surface area (Å²) in [5.74, 6) is 0.582. The molecular formula is C17H10BrFN4O. The number of hydrogen-bond acceptors (Lipinski definition) is 5. The van der Waals surface area contributed by atoms with Crippen molar-refractivity contribution in [2.45, 2.75) is 0 Å². The normalized spacial score (nSPS) is 11.1. The van der Waals surface area contributed by atoms with Gasteiger partial charge in [0.2, 0.25) is 0 Å². The van der Waals surface area contributed by atoms with Crippen LogP contribution in [0.25, 0.3) is 33.6 Å². The summed E-state index contributed by atoms with van der Waals surface area (Å²) in [6, 6.07) is 10.2. The molecule has 5 nitrogen and oxygen atoms in total. The minimum absolute atomic E-state index is 0.314. The van der Waals surface area contributed by atoms with Crippen LogP contribution in [0.3, 0.4) is 0 Å². The molecule has 0 aliphatic heterocycles. The van der Waals surface area contributed by atoms with E-state index in [1.165, 1.54) is 12.4 Å². The fourth-order valence-corrected chi connectivity index (χ4v) is 2.91. The van der Waals surface area contributed by atoms with Crippen molar-refractivity contribution in [3.8, 4) is 22.6 Å². The molecule has 1 aromatic carbocycles. The highest BCUT2D eigenvalue weighted by Gasteiger charge is 2.15. The molecule has 7 heteroatoms. The van der Waals surface area contributed by atoms with Crippen LogP contribution < -0.4 is 5.73 Å². The standard InChI is InChI=1S/C17H10BrFN4O/c18-11-6-9(3-4-12(11)19)10-7-13(14-2-1-5-24-14)23-17-15(10)16(20)21-8-22-17/h1-8H,(H2,20,21,22,23). The van der Waals surface area contributed by atoms with E-state index in [-0.39, 0.29) is 5.82 Å². The number of hydrogen-bond donors (Lipinski definition) is 1. The number of nitrogens with zero attached hydrogens (tertiary/aromatic N) is 3. The number of halogens is 2. The van der Waals surface area contributed by atoms with Gasteiger partial charge in [-0.15, -0.1) is 0 Å². The lowest BCUT2D eigenvalue weighted by molar-refractivity contribution is 0.580. The van der Waals surface area contributed by atoms with Crippen LogP contribution in [0.2, 0.25) is 0 Å². The van der Waals surface area contributed by atoms with E-state index in [2.05, 4.69) is 30.9 Å². The number of pyridine rings is 1. The highest BCUT2D eigenvalue weighted by Crippen LogP contribution is 2.35. The molecule has 0 atom stereocenters. The third-order valence-corrected chi connectivity index (χ3v) is 4.25. The highest BCUT2D eigenvalue weighted by molar-refractivity contribution is 9.10. The van der Waals surface area contributed by atoms with E-state index in [4.69, 9.17) is 10.2 Å². The van der Waals surface area contributed by atoms with Crippen LogP contribution in [-0.4, -0.2) is 15.0 Å². The third kappa shape index (κ3) is 2.43. The minimum Gasteiger partial charge on any atom is -0.463 e. The first-order valence-electron chi connectivity index (χ1n) is 7.04. The van der Waals surface area contributed by atoms with Gasteiger partial charge in [-0.2, -0.15) is 0 Å². The smallest absolute Gasteiger partial charge is 0.166 e. The molecule has 24 heavy (non-hydrogen) atoms. The molecule has 0 saturated carbocycles. The average Bonchev–Trinajstić information content (AvgIpc) is 3.11. The lowest BCUT2D eigenvalue weighted by Crippen LogP contribution is -1.98. The molecule has 0 aliphatic carbocycles. The van der Waals surface area contributed by atoms with Gasteiger partial charge < -0.3 is 10.2 Å². The van der Waals surface area contributed by atoms with Crippen molar-refractivity contribution in [3.63, 3.8) is 0 Å². The minimum atomic E-state index is -0.340. The molecule has 4 rings (SSSR count). The van der Waals surface area contributed by atoms with Crippen molar-refractivity contribution >= 4 is 32.8 Å². The van der Waals surface area contributed by atoms with Crippen LogP contribution in [-0.2, 0) is 0 Å². The molecule has 3 heterocycles. The van der Waals surface area contributed by atoms with Crippen LogP contribution in [0.5, 0.6) is 0 Å². The Morgan fingerprint density at radius 2 is 2.00 bits per heavy atom. The fraction of sp³-hybridized carbons (Fsp3) is 0. The van der Waals surface area contributed by atoms with Gasteiger partial charge in [0.05, 0.1) is 16.1 Å². The second kappa shape index (κ2) is 5.68. The summed E-state index contributed by atoms with van der Waals surface area (Å²) >= 11 is 3.21. The first-order chi connectivity index (χ1) is 11.6. The number of nitrogen functional groups attached to an aromatic ring is 1. The Morgan fingerprint density at radius 3 is 2.75 bits per heavy atom. The maximum Gasteiger partial charge on any atom is 0.166 e. The van der Waals surface area contributed by atoms with E-state index in [0.29, 0.717) is 32.8 Å². The van der Waals surface area contributed by atoms with Gasteiger partial charge in [0.25, 0.3) is 0 Å². The van der Waals surface area contributed by atoms with Crippen molar-refractivity contribution in [2.24, 2.45) is 0 Å². The van der Waals surface area contributed by atoms with Gasteiger partial charge in [0, 0.05) is 0 Å². The van der Waals surface area contributed by atoms with Gasteiger partial charge in [0.15, 0.2) is 11.4 Å². The number of anilines is 1. The maximum atomic E-state index is 13.6. The predicted octanol–water partition coefficient (Wildman–Crippen LogP) is 4.44. The van der Waals surface area contributed by atoms with Crippen LogP contribution in [0.4, 0.5) is 10.2 Å². The van der Waals surface area contributed by atoms with Crippen molar-refractivity contribution in [1.82, 2.24) is 15.0 Å². The summed E-state index contributed by atoms with van der Waals surface area (Å²) in [6.45, 7) is 0. The van der Waals surface area contributed by atoms with Gasteiger partial charge in [-0.25, -0.2) is 19.3 Å². The lowest BCUT2D eigenvalue weighted by atomic mass is 10.0. The summed E-state index contributed by atoms with van der Waals surface area (Å²) in [6.07, 6.45) is 2.94. The molecule has 0 bridgehead atoms. The molecule has 0 radical (unpaired) electrons. The molecule has 0 spiro atoms. The van der Waals surface area contributed by atoms with Crippen LogP contribution in [0.1, 0.15) is 0 Å². The molecule has 2 N–H and O–H groups in total. The van der Waals surface area contributed by atoms with Gasteiger partial charge in [-0.05, 0) is 57.4 Å². The zero-order valence-corrected chi connectivity index (χ0v) is 13.8. The monoisotopic (exact) mass is 384 g/mol. The van der Waals surface area contributed by atoms with Gasteiger partial charge in [0.1, 0.15) is 23.7 Å². The zero-order chi connectivity index (χ0) is 16.7. The molecule has 118 valence electrons. The number of benzene rings is 1. The number of rotatable bonds is 2. The predicted molar refractivity (Wildman–Crippen MR) is 92.5 cm³/mol. The van der Waals surface area contributed by atoms with Crippen LogP contribution >= 0.6 is 15.9 Å². The second-order valence-corrected chi connectivity index (χ2v) is 5.97. The lowest BCUT2D eigenvalue weighted by Gasteiger charge is -2.10. The summed E-state index contributed by atoms with van der Waals surface area (Å²) < 4.78 is 19.4. The Morgan fingerprint density at radius 1 is 1.12 bits per heavy atom. The molecule has 0 amide bonds. The third-order valence-electron chi connectivity index (χ3n) is 3.64. The van der Waals surface area contributed by atoms with Crippen molar-refractivity contribution in [2.75, 3.05) is 5.73 Å². The first kappa shape index (κ1) is 14.8. The van der Waals surface area contributed by atoms with Crippen LogP contribution in [0, 0.1) is 5.82 Å². The first-order valence-corrected chi connectivity index (χ1v) is 7.83. The molecule has 3 aromatic heterocycles. The number of nitrogens with two attached hydrogens (primary N) is 1. The largest absolute Gasteiger partial charge is 0.463 e. The summed E-state index contributed by atoms with van der Waals surface area (Å²) in [5, 5.41) is 0.617. The SMILES string of the molecule is Nc1ncnc2nc(-c3ccco3)cc(-c3ccc(F)c(Br)c3)c12. The van der Waals surface area contributed by atoms with Gasteiger partial charge >= 0.3 is 0 Å². The molecule has 0 saturated heterocycles.